The van der Waals surface area contributed by atoms with E-state index in [-0.39, 0.29) is 33.3 Å². The molecule has 0 aliphatic rings. The van der Waals surface area contributed by atoms with Gasteiger partial charge in [0.2, 0.25) is 0 Å². The van der Waals surface area contributed by atoms with Crippen molar-refractivity contribution in [3.8, 4) is 0 Å². The molecular weight excluding hydrogens is 236 g/mol. The van der Waals surface area contributed by atoms with E-state index in [1.807, 2.05) is 0 Å². The number of hydrogen-bond acceptors (Lipinski definition) is 5. The van der Waals surface area contributed by atoms with Crippen molar-refractivity contribution in [2.45, 2.75) is 6.92 Å². The number of aliphatic carboxylic acids is 1. The molecule has 0 heterocycles. The third-order valence-corrected chi connectivity index (χ3v) is 0. The minimum Gasteiger partial charge on any atom is -0.550 e. The second kappa shape index (κ2) is 15.9. The zero-order chi connectivity index (χ0) is 7.15. The van der Waals surface area contributed by atoms with E-state index >= 15 is 0 Å². The van der Waals surface area contributed by atoms with E-state index in [0.717, 1.165) is 6.92 Å². The fourth-order valence-corrected chi connectivity index (χ4v) is 0. The van der Waals surface area contributed by atoms with Gasteiger partial charge in [0.25, 0.3) is 0 Å². The smallest absolute Gasteiger partial charge is 0.0689 e. The molecular formula is C2H3CoNNiO5-2. The largest absolute Gasteiger partial charge is 0.550 e. The zero-order valence-corrected chi connectivity index (χ0v) is 6.67. The van der Waals surface area contributed by atoms with Gasteiger partial charge in [0.1, 0.15) is 0 Å². The molecule has 0 unspecified atom stereocenters. The van der Waals surface area contributed by atoms with E-state index in [2.05, 4.69) is 0 Å². The Balaban J connectivity index is -0.0000000300. The van der Waals surface area contributed by atoms with Gasteiger partial charge in [-0.15, -0.1) is 0 Å². The molecule has 67 valence electrons. The van der Waals surface area contributed by atoms with E-state index in [9.17, 15) is 0 Å². The van der Waals surface area contributed by atoms with Crippen LogP contribution < -0.4 is 5.11 Å². The molecule has 0 saturated heterocycles. The van der Waals surface area contributed by atoms with Gasteiger partial charge in [0.05, 0.1) is 5.09 Å². The van der Waals surface area contributed by atoms with Gasteiger partial charge in [0, 0.05) is 39.2 Å². The molecule has 0 amide bonds. The zero-order valence-electron chi connectivity index (χ0n) is 4.64. The molecule has 0 aromatic rings. The van der Waals surface area contributed by atoms with Crippen LogP contribution in [0.4, 0.5) is 0 Å². The van der Waals surface area contributed by atoms with E-state index in [1.54, 1.807) is 0 Å². The maximum absolute atomic E-state index is 8.89. The maximum Gasteiger partial charge on any atom is 0.0689 e. The minimum atomic E-state index is -1.75. The van der Waals surface area contributed by atoms with Crippen molar-refractivity contribution in [1.29, 1.82) is 0 Å². The van der Waals surface area contributed by atoms with Gasteiger partial charge >= 0.3 is 0 Å². The van der Waals surface area contributed by atoms with Gasteiger partial charge in [-0.1, -0.05) is 0 Å². The summed E-state index contributed by atoms with van der Waals surface area (Å²) in [5.41, 5.74) is 0. The summed E-state index contributed by atoms with van der Waals surface area (Å²) in [4.78, 5) is 17.1. The monoisotopic (exact) mass is 238 g/mol. The van der Waals surface area contributed by atoms with Crippen LogP contribution in [0.5, 0.6) is 0 Å². The van der Waals surface area contributed by atoms with E-state index in [4.69, 9.17) is 25.2 Å². The summed E-state index contributed by atoms with van der Waals surface area (Å²) in [6.45, 7) is 0.972. The molecule has 0 aliphatic heterocycles. The van der Waals surface area contributed by atoms with Crippen LogP contribution in [-0.2, 0) is 38.1 Å². The SMILES string of the molecule is CC(=O)[O-].O=[N+]([O-])[O-].[Co].[Ni]. The Morgan fingerprint density at radius 3 is 1.40 bits per heavy atom. The summed E-state index contributed by atoms with van der Waals surface area (Å²) >= 11 is 0. The standard InChI is InChI=1S/C2H4O2.Co.NO3.Ni/c1-2(3)4;;2-1(3)4;/h1H3,(H,3,4);;;/q;;-1;/p-1. The molecule has 6 nitrogen and oxygen atoms in total. The first-order valence-electron chi connectivity index (χ1n) is 1.46. The number of rotatable bonds is 0. The fraction of sp³-hybridized carbons (Fsp3) is 0.500. The van der Waals surface area contributed by atoms with E-state index in [1.165, 1.54) is 0 Å². The number of nitrogens with zero attached hydrogens (tertiary/aromatic N) is 1. The van der Waals surface area contributed by atoms with E-state index < -0.39 is 11.1 Å². The Morgan fingerprint density at radius 1 is 1.40 bits per heavy atom. The molecule has 1 radical (unpaired) electrons. The van der Waals surface area contributed by atoms with Crippen molar-refractivity contribution in [2.75, 3.05) is 0 Å². The van der Waals surface area contributed by atoms with Crippen LogP contribution >= 0.6 is 0 Å². The molecule has 0 atom stereocenters. The topological polar surface area (TPSA) is 106 Å². The first kappa shape index (κ1) is 22.6. The van der Waals surface area contributed by atoms with Crippen molar-refractivity contribution in [3.63, 3.8) is 0 Å². The molecule has 0 aliphatic carbocycles. The van der Waals surface area contributed by atoms with Gasteiger partial charge in [-0.05, 0) is 6.92 Å². The molecule has 0 N–H and O–H groups in total. The van der Waals surface area contributed by atoms with Crippen LogP contribution in [0.3, 0.4) is 0 Å². The Hall–Kier alpha value is -0.330. The van der Waals surface area contributed by atoms with Crippen LogP contribution in [0.15, 0.2) is 0 Å². The van der Waals surface area contributed by atoms with Gasteiger partial charge in [-0.2, -0.15) is 0 Å². The van der Waals surface area contributed by atoms with Crippen molar-refractivity contribution in [1.82, 2.24) is 0 Å². The average Bonchev–Trinajstić information content (AvgIpc) is 1.25. The maximum atomic E-state index is 8.89. The Morgan fingerprint density at radius 2 is 1.40 bits per heavy atom. The Kier molecular flexibility index (Phi) is 35.9. The summed E-state index contributed by atoms with van der Waals surface area (Å²) in [7, 11) is 0. The Labute approximate surface area is 76.8 Å². The molecule has 0 fully saturated rings. The van der Waals surface area contributed by atoms with Gasteiger partial charge < -0.3 is 25.2 Å². The average molecular weight is 239 g/mol. The summed E-state index contributed by atoms with van der Waals surface area (Å²) in [6, 6.07) is 0. The molecule has 10 heavy (non-hydrogen) atoms. The minimum absolute atomic E-state index is 0. The fourth-order valence-electron chi connectivity index (χ4n) is 0. The van der Waals surface area contributed by atoms with Gasteiger partial charge in [-0.3, -0.25) is 0 Å². The molecule has 0 aromatic heterocycles. The normalized spacial score (nSPS) is 4.90. The van der Waals surface area contributed by atoms with E-state index in [0.29, 0.717) is 0 Å². The molecule has 0 bridgehead atoms. The second-order valence-corrected chi connectivity index (χ2v) is 0.715. The molecule has 0 spiro atoms. The Bertz CT molecular complexity index is 77.6. The quantitative estimate of drug-likeness (QED) is 0.290. The third kappa shape index (κ3) is 3130. The predicted octanol–water partition coefficient (Wildman–Crippen LogP) is -1.49. The summed E-state index contributed by atoms with van der Waals surface area (Å²) in [5.74, 6) is -1.08. The van der Waals surface area contributed by atoms with Crippen LogP contribution in [0.25, 0.3) is 0 Å². The van der Waals surface area contributed by atoms with Crippen LogP contribution in [0.1, 0.15) is 6.92 Å². The summed E-state index contributed by atoms with van der Waals surface area (Å²) < 4.78 is 0. The van der Waals surface area contributed by atoms with Gasteiger partial charge in [-0.25, -0.2) is 0 Å². The van der Waals surface area contributed by atoms with Crippen molar-refractivity contribution < 1.29 is 48.3 Å². The molecule has 0 aromatic carbocycles. The molecule has 0 rings (SSSR count). The predicted molar refractivity (Wildman–Crippen MR) is 21.0 cm³/mol. The van der Waals surface area contributed by atoms with Crippen LogP contribution in [0.2, 0.25) is 0 Å². The number of carbonyl (C=O) groups excluding carboxylic acids is 1. The second-order valence-electron chi connectivity index (χ2n) is 0.715. The number of hydrogen-bond donors (Lipinski definition) is 0. The van der Waals surface area contributed by atoms with Gasteiger partial charge in [0.15, 0.2) is 0 Å². The van der Waals surface area contributed by atoms with Crippen molar-refractivity contribution in [3.05, 3.63) is 15.3 Å². The van der Waals surface area contributed by atoms with Crippen molar-refractivity contribution >= 4 is 5.97 Å². The summed E-state index contributed by atoms with van der Waals surface area (Å²) in [6.07, 6.45) is 0. The first-order chi connectivity index (χ1) is 3.46. The summed E-state index contributed by atoms with van der Waals surface area (Å²) in [5, 5.41) is 23.6. The first-order valence-corrected chi connectivity index (χ1v) is 1.46. The number of carboxylic acid groups (broad SMARTS) is 1. The molecule has 8 heteroatoms. The van der Waals surface area contributed by atoms with Crippen LogP contribution in [-0.4, -0.2) is 11.1 Å². The number of carboxylic acids is 1. The van der Waals surface area contributed by atoms with Crippen LogP contribution in [0, 0.1) is 15.3 Å². The molecule has 0 saturated carbocycles. The number of carbonyl (C=O) groups is 1. The third-order valence-electron chi connectivity index (χ3n) is 0. The van der Waals surface area contributed by atoms with Crippen molar-refractivity contribution in [2.24, 2.45) is 0 Å².